The van der Waals surface area contributed by atoms with Crippen molar-refractivity contribution in [2.45, 2.75) is 52.9 Å². The molecule has 5 rings (SSSR count). The Morgan fingerprint density at radius 2 is 2.00 bits per heavy atom. The molecule has 1 atom stereocenters. The molecular weight excluding hydrogens is 432 g/mol. The molecule has 3 aromatic rings. The average molecular weight is 465 g/mol. The predicted molar refractivity (Wildman–Crippen MR) is 134 cm³/mol. The Morgan fingerprint density at radius 1 is 1.21 bits per heavy atom. The van der Waals surface area contributed by atoms with Crippen molar-refractivity contribution in [3.8, 4) is 0 Å². The average Bonchev–Trinajstić information content (AvgIpc) is 3.17. The van der Waals surface area contributed by atoms with Crippen LogP contribution in [0.15, 0.2) is 23.0 Å². The van der Waals surface area contributed by atoms with Crippen molar-refractivity contribution in [3.05, 3.63) is 55.9 Å². The van der Waals surface area contributed by atoms with Crippen molar-refractivity contribution in [3.63, 3.8) is 0 Å². The zero-order chi connectivity index (χ0) is 23.1. The summed E-state index contributed by atoms with van der Waals surface area (Å²) >= 11 is 1.66. The molecule has 3 heterocycles. The third-order valence-corrected chi connectivity index (χ3v) is 8.28. The number of carbonyl (C=O) groups is 1. The van der Waals surface area contributed by atoms with Crippen LogP contribution in [0.25, 0.3) is 10.2 Å². The van der Waals surface area contributed by atoms with E-state index in [0.29, 0.717) is 24.6 Å². The minimum atomic E-state index is -0.0448. The van der Waals surface area contributed by atoms with Gasteiger partial charge in [0.2, 0.25) is 5.91 Å². The zero-order valence-electron chi connectivity index (χ0n) is 19.7. The van der Waals surface area contributed by atoms with Crippen LogP contribution >= 0.6 is 11.3 Å². The van der Waals surface area contributed by atoms with E-state index in [0.717, 1.165) is 55.7 Å². The second-order valence-electron chi connectivity index (χ2n) is 9.70. The number of piperazine rings is 1. The maximum Gasteiger partial charge on any atom is 0.259 e. The molecule has 0 saturated carbocycles. The summed E-state index contributed by atoms with van der Waals surface area (Å²) in [5, 5.41) is 0.777. The van der Waals surface area contributed by atoms with E-state index in [1.807, 2.05) is 4.90 Å². The smallest absolute Gasteiger partial charge is 0.259 e. The monoisotopic (exact) mass is 464 g/mol. The topological polar surface area (TPSA) is 69.3 Å². The van der Waals surface area contributed by atoms with Gasteiger partial charge in [0.15, 0.2) is 0 Å². The summed E-state index contributed by atoms with van der Waals surface area (Å²) in [7, 11) is 0. The first-order valence-corrected chi connectivity index (χ1v) is 12.8. The molecule has 1 aromatic carbocycles. The summed E-state index contributed by atoms with van der Waals surface area (Å²) in [6.45, 7) is 9.66. The first-order chi connectivity index (χ1) is 15.9. The summed E-state index contributed by atoms with van der Waals surface area (Å²) in [5.74, 6) is 1.43. The highest BCUT2D eigenvalue weighted by atomic mass is 32.1. The number of hydrogen-bond acceptors (Lipinski definition) is 5. The number of nitrogens with one attached hydrogen (secondary N) is 1. The normalized spacial score (nSPS) is 18.6. The molecule has 174 valence electrons. The van der Waals surface area contributed by atoms with Crippen LogP contribution in [-0.4, -0.2) is 47.0 Å². The number of aromatic amines is 1. The molecule has 0 spiro atoms. The Labute approximate surface area is 198 Å². The van der Waals surface area contributed by atoms with E-state index in [1.165, 1.54) is 27.3 Å². The summed E-state index contributed by atoms with van der Waals surface area (Å²) < 4.78 is 0. The van der Waals surface area contributed by atoms with Crippen LogP contribution in [0.5, 0.6) is 0 Å². The van der Waals surface area contributed by atoms with Gasteiger partial charge in [0, 0.05) is 49.6 Å². The quantitative estimate of drug-likeness (QED) is 0.634. The van der Waals surface area contributed by atoms with Crippen molar-refractivity contribution < 1.29 is 4.79 Å². The number of rotatable bonds is 4. The van der Waals surface area contributed by atoms with Crippen molar-refractivity contribution >= 4 is 33.1 Å². The van der Waals surface area contributed by atoms with E-state index in [4.69, 9.17) is 4.98 Å². The maximum absolute atomic E-state index is 12.9. The summed E-state index contributed by atoms with van der Waals surface area (Å²) in [5.41, 5.74) is 4.96. The minimum absolute atomic E-state index is 0.0448. The van der Waals surface area contributed by atoms with Crippen LogP contribution in [-0.2, 0) is 24.1 Å². The Kier molecular flexibility index (Phi) is 5.99. The molecule has 1 unspecified atom stereocenters. The number of aryl methyl sites for hydroxylation is 4. The molecule has 33 heavy (non-hydrogen) atoms. The highest BCUT2D eigenvalue weighted by Gasteiger charge is 2.24. The maximum atomic E-state index is 12.9. The van der Waals surface area contributed by atoms with Crippen LogP contribution < -0.4 is 10.5 Å². The van der Waals surface area contributed by atoms with Gasteiger partial charge in [-0.25, -0.2) is 4.98 Å². The van der Waals surface area contributed by atoms with Gasteiger partial charge in [0.1, 0.15) is 10.7 Å². The molecular formula is C26H32N4O2S. The van der Waals surface area contributed by atoms with Crippen molar-refractivity contribution in [1.82, 2.24) is 14.9 Å². The van der Waals surface area contributed by atoms with Gasteiger partial charge in [0.25, 0.3) is 5.56 Å². The van der Waals surface area contributed by atoms with Crippen molar-refractivity contribution in [2.24, 2.45) is 5.92 Å². The predicted octanol–water partition coefficient (Wildman–Crippen LogP) is 4.01. The number of benzene rings is 1. The standard InChI is InChI=1S/C26H32N4O2S/c1-16-4-6-18(3)20(14-16)29-10-12-30(13-11-29)23(31)9-8-22-27-25(32)24-19-7-5-17(2)15-21(19)33-26(24)28-22/h4,6,14,17H,5,7-13,15H2,1-3H3,(H,27,28,32). The Morgan fingerprint density at radius 3 is 2.79 bits per heavy atom. The number of fused-ring (bicyclic) bond motifs is 3. The first-order valence-electron chi connectivity index (χ1n) is 12.0. The molecule has 2 aliphatic rings. The number of thiophene rings is 1. The van der Waals surface area contributed by atoms with Gasteiger partial charge in [-0.1, -0.05) is 19.1 Å². The number of hydrogen-bond donors (Lipinski definition) is 1. The van der Waals surface area contributed by atoms with Crippen molar-refractivity contribution in [2.75, 3.05) is 31.1 Å². The van der Waals surface area contributed by atoms with Gasteiger partial charge in [-0.2, -0.15) is 0 Å². The lowest BCUT2D eigenvalue weighted by molar-refractivity contribution is -0.131. The van der Waals surface area contributed by atoms with Gasteiger partial charge in [-0.15, -0.1) is 11.3 Å². The molecule has 1 saturated heterocycles. The zero-order valence-corrected chi connectivity index (χ0v) is 20.6. The second kappa shape index (κ2) is 8.93. The molecule has 2 aromatic heterocycles. The fourth-order valence-electron chi connectivity index (χ4n) is 5.15. The second-order valence-corrected chi connectivity index (χ2v) is 10.8. The molecule has 1 aliphatic heterocycles. The van der Waals surface area contributed by atoms with Crippen LogP contribution in [0.2, 0.25) is 0 Å². The number of nitrogens with zero attached hydrogens (tertiary/aromatic N) is 3. The first kappa shape index (κ1) is 22.1. The molecule has 6 nitrogen and oxygen atoms in total. The number of amides is 1. The van der Waals surface area contributed by atoms with Crippen LogP contribution in [0.3, 0.4) is 0 Å². The SMILES string of the molecule is Cc1ccc(C)c(N2CCN(C(=O)CCc3nc4sc5c(c4c(=O)[nH]3)CCC(C)C5)CC2)c1. The molecule has 0 radical (unpaired) electrons. The summed E-state index contributed by atoms with van der Waals surface area (Å²) in [4.78, 5) is 39.8. The van der Waals surface area contributed by atoms with E-state index in [9.17, 15) is 9.59 Å². The lowest BCUT2D eigenvalue weighted by Gasteiger charge is -2.37. The van der Waals surface area contributed by atoms with E-state index >= 15 is 0 Å². The van der Waals surface area contributed by atoms with E-state index in [1.54, 1.807) is 11.3 Å². The molecule has 7 heteroatoms. The fraction of sp³-hybridized carbons (Fsp3) is 0.500. The fourth-order valence-corrected chi connectivity index (χ4v) is 6.55. The Bertz CT molecular complexity index is 1250. The van der Waals surface area contributed by atoms with E-state index < -0.39 is 0 Å². The highest BCUT2D eigenvalue weighted by Crippen LogP contribution is 2.35. The number of anilines is 1. The lowest BCUT2D eigenvalue weighted by atomic mass is 9.89. The Balaban J connectivity index is 1.22. The van der Waals surface area contributed by atoms with Crippen LogP contribution in [0.4, 0.5) is 5.69 Å². The van der Waals surface area contributed by atoms with E-state index in [2.05, 4.69) is 48.9 Å². The van der Waals surface area contributed by atoms with Gasteiger partial charge >= 0.3 is 0 Å². The van der Waals surface area contributed by atoms with Gasteiger partial charge < -0.3 is 14.8 Å². The third kappa shape index (κ3) is 4.43. The number of carbonyl (C=O) groups excluding carboxylic acids is 1. The molecule has 1 fully saturated rings. The van der Waals surface area contributed by atoms with Crippen molar-refractivity contribution in [1.29, 1.82) is 0 Å². The van der Waals surface area contributed by atoms with Gasteiger partial charge in [-0.05, 0) is 61.8 Å². The highest BCUT2D eigenvalue weighted by molar-refractivity contribution is 7.18. The number of aromatic nitrogens is 2. The van der Waals surface area contributed by atoms with Crippen LogP contribution in [0, 0.1) is 19.8 Å². The van der Waals surface area contributed by atoms with Gasteiger partial charge in [0.05, 0.1) is 5.39 Å². The van der Waals surface area contributed by atoms with Gasteiger partial charge in [-0.3, -0.25) is 9.59 Å². The molecule has 1 aliphatic carbocycles. The Hall–Kier alpha value is -2.67. The molecule has 0 bridgehead atoms. The van der Waals surface area contributed by atoms with Crippen LogP contribution in [0.1, 0.15) is 47.2 Å². The summed E-state index contributed by atoms with van der Waals surface area (Å²) in [6.07, 6.45) is 3.98. The lowest BCUT2D eigenvalue weighted by Crippen LogP contribution is -2.49. The largest absolute Gasteiger partial charge is 0.368 e. The minimum Gasteiger partial charge on any atom is -0.368 e. The molecule has 1 N–H and O–H groups in total. The summed E-state index contributed by atoms with van der Waals surface area (Å²) in [6, 6.07) is 6.53. The third-order valence-electron chi connectivity index (χ3n) is 7.13. The molecule has 1 amide bonds. The number of H-pyrrole nitrogens is 1. The van der Waals surface area contributed by atoms with E-state index in [-0.39, 0.29) is 11.5 Å².